The van der Waals surface area contributed by atoms with Crippen molar-refractivity contribution >= 4 is 15.7 Å². The van der Waals surface area contributed by atoms with Gasteiger partial charge in [0.1, 0.15) is 5.75 Å². The highest BCUT2D eigenvalue weighted by Gasteiger charge is 2.35. The largest absolute Gasteiger partial charge is 0.493 e. The van der Waals surface area contributed by atoms with Crippen molar-refractivity contribution in [3.05, 3.63) is 29.8 Å². The Morgan fingerprint density at radius 2 is 1.88 bits per heavy atom. The molecule has 1 aromatic carbocycles. The van der Waals surface area contributed by atoms with Crippen molar-refractivity contribution < 1.29 is 17.9 Å². The zero-order chi connectivity index (χ0) is 18.1. The van der Waals surface area contributed by atoms with Crippen molar-refractivity contribution in [1.82, 2.24) is 10.2 Å². The van der Waals surface area contributed by atoms with E-state index in [1.807, 2.05) is 24.3 Å². The van der Waals surface area contributed by atoms with E-state index in [1.165, 1.54) is 0 Å². The van der Waals surface area contributed by atoms with Gasteiger partial charge in [0.05, 0.1) is 24.2 Å². The van der Waals surface area contributed by atoms with Gasteiger partial charge < -0.3 is 10.1 Å². The van der Waals surface area contributed by atoms with E-state index in [0.29, 0.717) is 12.4 Å². The van der Waals surface area contributed by atoms with E-state index >= 15 is 0 Å². The molecule has 3 aliphatic rings. The Kier molecular flexibility index (Phi) is 4.92. The van der Waals surface area contributed by atoms with Crippen LogP contribution < -0.4 is 10.1 Å². The van der Waals surface area contributed by atoms with Gasteiger partial charge in [0.2, 0.25) is 5.91 Å². The molecule has 2 saturated heterocycles. The van der Waals surface area contributed by atoms with Crippen LogP contribution in [-0.2, 0) is 14.6 Å². The Balaban J connectivity index is 1.32. The second kappa shape index (κ2) is 7.19. The van der Waals surface area contributed by atoms with E-state index in [2.05, 4.69) is 10.2 Å². The molecule has 0 saturated carbocycles. The molecule has 0 bridgehead atoms. The minimum absolute atomic E-state index is 0.0132. The van der Waals surface area contributed by atoms with E-state index in [-0.39, 0.29) is 29.7 Å². The standard InChI is InChI=1S/C19H26N2O4S/c22-19(20-17-7-11-25-18-4-2-1-3-16(17)18)14-5-9-21(10-6-14)15-8-12-26(23,24)13-15/h1-4,14-15,17H,5-13H2,(H,20,22)/t15-,17+/m0/s1. The SMILES string of the molecule is O=C(N[C@@H]1CCOc2ccccc21)C1CCN([C@H]2CCS(=O)(=O)C2)CC1. The Morgan fingerprint density at radius 1 is 1.12 bits per heavy atom. The van der Waals surface area contributed by atoms with Crippen LogP contribution in [0.1, 0.15) is 37.3 Å². The van der Waals surface area contributed by atoms with Gasteiger partial charge in [0.15, 0.2) is 9.84 Å². The predicted octanol–water partition coefficient (Wildman–Crippen LogP) is 1.53. The van der Waals surface area contributed by atoms with Crippen LogP contribution in [0.3, 0.4) is 0 Å². The molecule has 1 aromatic rings. The van der Waals surface area contributed by atoms with Crippen molar-refractivity contribution in [2.75, 3.05) is 31.2 Å². The third-order valence-corrected chi connectivity index (χ3v) is 7.65. The molecule has 26 heavy (non-hydrogen) atoms. The topological polar surface area (TPSA) is 75.7 Å². The molecule has 1 N–H and O–H groups in total. The third-order valence-electron chi connectivity index (χ3n) is 5.90. The number of hydrogen-bond acceptors (Lipinski definition) is 5. The van der Waals surface area contributed by atoms with Crippen LogP contribution in [0.4, 0.5) is 0 Å². The lowest BCUT2D eigenvalue weighted by Crippen LogP contribution is -2.46. The number of piperidine rings is 1. The minimum Gasteiger partial charge on any atom is -0.493 e. The van der Waals surface area contributed by atoms with Crippen molar-refractivity contribution in [1.29, 1.82) is 0 Å². The molecule has 0 aromatic heterocycles. The van der Waals surface area contributed by atoms with Gasteiger partial charge in [-0.2, -0.15) is 0 Å². The molecular weight excluding hydrogens is 352 g/mol. The maximum absolute atomic E-state index is 12.7. The number of para-hydroxylation sites is 1. The highest BCUT2D eigenvalue weighted by atomic mass is 32.2. The van der Waals surface area contributed by atoms with Gasteiger partial charge in [0.25, 0.3) is 0 Å². The van der Waals surface area contributed by atoms with E-state index in [1.54, 1.807) is 0 Å². The minimum atomic E-state index is -2.86. The maximum atomic E-state index is 12.7. The summed E-state index contributed by atoms with van der Waals surface area (Å²) in [6.45, 7) is 2.24. The number of likely N-dealkylation sites (tertiary alicyclic amines) is 1. The number of benzene rings is 1. The fourth-order valence-electron chi connectivity index (χ4n) is 4.37. The number of carbonyl (C=O) groups is 1. The lowest BCUT2D eigenvalue weighted by atomic mass is 9.93. The highest BCUT2D eigenvalue weighted by molar-refractivity contribution is 7.91. The number of nitrogens with one attached hydrogen (secondary N) is 1. The molecule has 3 aliphatic heterocycles. The van der Waals surface area contributed by atoms with Crippen LogP contribution in [0.5, 0.6) is 5.75 Å². The monoisotopic (exact) mass is 378 g/mol. The quantitative estimate of drug-likeness (QED) is 0.863. The van der Waals surface area contributed by atoms with Crippen LogP contribution in [-0.4, -0.2) is 56.5 Å². The average molecular weight is 378 g/mol. The van der Waals surface area contributed by atoms with E-state index in [4.69, 9.17) is 4.74 Å². The molecular formula is C19H26N2O4S. The number of rotatable bonds is 3. The average Bonchev–Trinajstić information content (AvgIpc) is 3.02. The normalized spacial score (nSPS) is 28.9. The van der Waals surface area contributed by atoms with Gasteiger partial charge in [0, 0.05) is 23.9 Å². The zero-order valence-corrected chi connectivity index (χ0v) is 15.7. The van der Waals surface area contributed by atoms with Gasteiger partial charge >= 0.3 is 0 Å². The second-order valence-corrected chi connectivity index (χ2v) is 9.83. The summed E-state index contributed by atoms with van der Waals surface area (Å²) >= 11 is 0. The van der Waals surface area contributed by atoms with Crippen LogP contribution in [0.25, 0.3) is 0 Å². The summed E-state index contributed by atoms with van der Waals surface area (Å²) in [5, 5.41) is 3.21. The van der Waals surface area contributed by atoms with Crippen molar-refractivity contribution in [3.63, 3.8) is 0 Å². The molecule has 1 amide bonds. The Bertz CT molecular complexity index is 771. The molecule has 0 radical (unpaired) electrons. The van der Waals surface area contributed by atoms with Gasteiger partial charge in [-0.1, -0.05) is 18.2 Å². The number of sulfone groups is 1. The van der Waals surface area contributed by atoms with Crippen molar-refractivity contribution in [3.8, 4) is 5.75 Å². The first kappa shape index (κ1) is 17.8. The zero-order valence-electron chi connectivity index (χ0n) is 14.9. The number of fused-ring (bicyclic) bond motifs is 1. The molecule has 3 heterocycles. The number of ether oxygens (including phenoxy) is 1. The summed E-state index contributed by atoms with van der Waals surface area (Å²) < 4.78 is 29.0. The lowest BCUT2D eigenvalue weighted by Gasteiger charge is -2.36. The number of amides is 1. The maximum Gasteiger partial charge on any atom is 0.223 e. The molecule has 2 atom stereocenters. The number of hydrogen-bond donors (Lipinski definition) is 1. The summed E-state index contributed by atoms with van der Waals surface area (Å²) in [5.74, 6) is 1.58. The summed E-state index contributed by atoms with van der Waals surface area (Å²) in [5.41, 5.74) is 1.06. The van der Waals surface area contributed by atoms with Crippen molar-refractivity contribution in [2.24, 2.45) is 5.92 Å². The van der Waals surface area contributed by atoms with Crippen LogP contribution in [0.2, 0.25) is 0 Å². The molecule has 4 rings (SSSR count). The first-order chi connectivity index (χ1) is 12.5. The molecule has 2 fully saturated rings. The summed E-state index contributed by atoms with van der Waals surface area (Å²) in [7, 11) is -2.86. The molecule has 7 heteroatoms. The number of nitrogens with zero attached hydrogens (tertiary/aromatic N) is 1. The molecule has 0 spiro atoms. The Labute approximate surface area is 154 Å². The highest BCUT2D eigenvalue weighted by Crippen LogP contribution is 2.32. The fraction of sp³-hybridized carbons (Fsp3) is 0.632. The second-order valence-electron chi connectivity index (χ2n) is 7.60. The van der Waals surface area contributed by atoms with E-state index in [0.717, 1.165) is 50.1 Å². The van der Waals surface area contributed by atoms with E-state index in [9.17, 15) is 13.2 Å². The Morgan fingerprint density at radius 3 is 2.62 bits per heavy atom. The van der Waals surface area contributed by atoms with Crippen LogP contribution in [0.15, 0.2) is 24.3 Å². The molecule has 142 valence electrons. The summed E-state index contributed by atoms with van der Waals surface area (Å²) in [6.07, 6.45) is 3.13. The van der Waals surface area contributed by atoms with Crippen LogP contribution in [0, 0.1) is 5.92 Å². The predicted molar refractivity (Wildman–Crippen MR) is 98.8 cm³/mol. The smallest absolute Gasteiger partial charge is 0.223 e. The molecule has 0 aliphatic carbocycles. The fourth-order valence-corrected chi connectivity index (χ4v) is 6.13. The third kappa shape index (κ3) is 3.74. The van der Waals surface area contributed by atoms with Gasteiger partial charge in [-0.25, -0.2) is 8.42 Å². The first-order valence-electron chi connectivity index (χ1n) is 9.48. The lowest BCUT2D eigenvalue weighted by molar-refractivity contribution is -0.127. The van der Waals surface area contributed by atoms with Gasteiger partial charge in [-0.3, -0.25) is 9.69 Å². The summed E-state index contributed by atoms with van der Waals surface area (Å²) in [6, 6.07) is 8.05. The van der Waals surface area contributed by atoms with E-state index < -0.39 is 9.84 Å². The van der Waals surface area contributed by atoms with Gasteiger partial charge in [-0.15, -0.1) is 0 Å². The number of carbonyl (C=O) groups excluding carboxylic acids is 1. The summed E-state index contributed by atoms with van der Waals surface area (Å²) in [4.78, 5) is 15.0. The molecule has 6 nitrogen and oxygen atoms in total. The molecule has 0 unspecified atom stereocenters. The first-order valence-corrected chi connectivity index (χ1v) is 11.3. The van der Waals surface area contributed by atoms with Gasteiger partial charge in [-0.05, 0) is 38.4 Å². The van der Waals surface area contributed by atoms with Crippen LogP contribution >= 0.6 is 0 Å². The Hall–Kier alpha value is -1.60. The van der Waals surface area contributed by atoms with Crippen molar-refractivity contribution in [2.45, 2.75) is 37.8 Å².